The normalized spacial score (nSPS) is 11.9. The van der Waals surface area contributed by atoms with Gasteiger partial charge in [0, 0.05) is 76.8 Å². The first-order valence-corrected chi connectivity index (χ1v) is 28.0. The van der Waals surface area contributed by atoms with Gasteiger partial charge in [-0.15, -0.1) is 0 Å². The summed E-state index contributed by atoms with van der Waals surface area (Å²) in [5.41, 5.74) is 20.2. The Balaban J connectivity index is 0.953. The molecule has 17 rings (SSSR count). The fraction of sp³-hybridized carbons (Fsp3) is 0. The number of rotatable bonds is 8. The van der Waals surface area contributed by atoms with E-state index in [4.69, 9.17) is 9.97 Å². The monoisotopic (exact) mass is 1040 g/mol. The highest BCUT2D eigenvalue weighted by Gasteiger charge is 2.27. The van der Waals surface area contributed by atoms with Crippen LogP contribution in [-0.2, 0) is 0 Å². The van der Waals surface area contributed by atoms with E-state index in [1.54, 1.807) is 0 Å². The van der Waals surface area contributed by atoms with Crippen molar-refractivity contribution in [1.29, 1.82) is 0 Å². The lowest BCUT2D eigenvalue weighted by Crippen LogP contribution is -2.07. The zero-order valence-electron chi connectivity index (χ0n) is 44.4. The van der Waals surface area contributed by atoms with Gasteiger partial charge in [0.1, 0.15) is 0 Å². The number of hydrogen-bond acceptors (Lipinski definition) is 2. The Bertz CT molecular complexity index is 5200. The van der Waals surface area contributed by atoms with Gasteiger partial charge in [0.2, 0.25) is 0 Å². The van der Waals surface area contributed by atoms with Crippen LogP contribution < -0.4 is 0 Å². The predicted molar refractivity (Wildman–Crippen MR) is 341 cm³/mol. The maximum Gasteiger partial charge on any atom is 0.160 e. The van der Waals surface area contributed by atoms with Gasteiger partial charge in [0.25, 0.3) is 0 Å². The number of nitrogens with zero attached hydrogens (tertiary/aromatic N) is 6. The highest BCUT2D eigenvalue weighted by Crippen LogP contribution is 2.46. The largest absolute Gasteiger partial charge is 0.309 e. The van der Waals surface area contributed by atoms with Gasteiger partial charge >= 0.3 is 0 Å². The summed E-state index contributed by atoms with van der Waals surface area (Å²) >= 11 is 0. The van der Waals surface area contributed by atoms with Crippen molar-refractivity contribution in [3.05, 3.63) is 291 Å². The molecule has 0 aliphatic heterocycles. The maximum atomic E-state index is 5.77. The van der Waals surface area contributed by atoms with E-state index >= 15 is 0 Å². The molecule has 17 aromatic rings. The first-order valence-electron chi connectivity index (χ1n) is 28.0. The van der Waals surface area contributed by atoms with Gasteiger partial charge in [-0.05, 0) is 120 Å². The molecule has 82 heavy (non-hydrogen) atoms. The molecule has 0 saturated carbocycles. The molecule has 0 amide bonds. The molecule has 6 nitrogen and oxygen atoms in total. The lowest BCUT2D eigenvalue weighted by molar-refractivity contribution is 1.09. The van der Waals surface area contributed by atoms with Gasteiger partial charge in [-0.3, -0.25) is 0 Å². The first-order chi connectivity index (χ1) is 40.7. The molecule has 0 aliphatic rings. The molecule has 0 atom stereocenters. The summed E-state index contributed by atoms with van der Waals surface area (Å²) in [6, 6.07) is 105. The Morgan fingerprint density at radius 3 is 0.829 bits per heavy atom. The molecule has 0 unspecified atom stereocenters. The van der Waals surface area contributed by atoms with Crippen LogP contribution in [-0.4, -0.2) is 28.2 Å². The Morgan fingerprint density at radius 1 is 0.195 bits per heavy atom. The lowest BCUT2D eigenvalue weighted by atomic mass is 9.99. The molecule has 12 aromatic carbocycles. The fourth-order valence-corrected chi connectivity index (χ4v) is 13.1. The van der Waals surface area contributed by atoms with Crippen LogP contribution in [0.1, 0.15) is 0 Å². The summed E-state index contributed by atoms with van der Waals surface area (Å²) in [5.74, 6) is 0.653. The van der Waals surface area contributed by atoms with Gasteiger partial charge in [0.05, 0.1) is 61.2 Å². The Morgan fingerprint density at radius 2 is 0.463 bits per heavy atom. The average Bonchev–Trinajstić information content (AvgIpc) is 3.91. The lowest BCUT2D eigenvalue weighted by Gasteiger charge is -2.20. The molecule has 0 radical (unpaired) electrons. The summed E-state index contributed by atoms with van der Waals surface area (Å²) in [6.45, 7) is 0. The molecule has 0 N–H and O–H groups in total. The van der Waals surface area contributed by atoms with Crippen molar-refractivity contribution in [2.75, 3.05) is 0 Å². The quantitative estimate of drug-likeness (QED) is 0.152. The highest BCUT2D eigenvalue weighted by atomic mass is 15.1. The third-order valence-electron chi connectivity index (χ3n) is 16.8. The van der Waals surface area contributed by atoms with Crippen LogP contribution in [0.5, 0.6) is 0 Å². The minimum absolute atomic E-state index is 0.653. The van der Waals surface area contributed by atoms with E-state index in [0.717, 1.165) is 117 Å². The summed E-state index contributed by atoms with van der Waals surface area (Å²) in [4.78, 5) is 11.5. The summed E-state index contributed by atoms with van der Waals surface area (Å²) < 4.78 is 9.57. The SMILES string of the molecule is c1ccc(-c2nc(-c3ccc4c(c3)c3ccccc3n4-c3ccccc3)c(-n3c4ccccc4c4cc(-c5ccc6c(c5)c5ccccc5n6-c5ccccc5)ccc43)c(-c3ccc4c(c3)c3ccccc3n4-c3ccccc3)n2)cc1. The van der Waals surface area contributed by atoms with Crippen LogP contribution >= 0.6 is 0 Å². The van der Waals surface area contributed by atoms with Crippen molar-refractivity contribution in [1.82, 2.24) is 28.2 Å². The number of hydrogen-bond donors (Lipinski definition) is 0. The second-order valence-corrected chi connectivity index (χ2v) is 21.3. The van der Waals surface area contributed by atoms with Crippen molar-refractivity contribution in [2.45, 2.75) is 0 Å². The fourth-order valence-electron chi connectivity index (χ4n) is 13.1. The zero-order chi connectivity index (χ0) is 53.8. The van der Waals surface area contributed by atoms with E-state index in [-0.39, 0.29) is 0 Å². The van der Waals surface area contributed by atoms with Crippen LogP contribution in [0.25, 0.3) is 155 Å². The molecule has 5 aromatic heterocycles. The van der Waals surface area contributed by atoms with Gasteiger partial charge < -0.3 is 18.3 Å². The van der Waals surface area contributed by atoms with Crippen molar-refractivity contribution in [3.63, 3.8) is 0 Å². The predicted octanol–water partition coefficient (Wildman–Crippen LogP) is 19.5. The molecule has 0 spiro atoms. The number of para-hydroxylation sites is 7. The van der Waals surface area contributed by atoms with Crippen LogP contribution in [0.3, 0.4) is 0 Å². The van der Waals surface area contributed by atoms with Crippen molar-refractivity contribution in [2.24, 2.45) is 0 Å². The number of fused-ring (bicyclic) bond motifs is 12. The standard InChI is InChI=1S/C76H48N6/c1-5-21-49(22-6-1)76-77-73(52-39-43-70-63(47-52)58-30-14-18-34-66(58)80(70)55-25-9-3-10-26-55)75(74(78-76)53-40-44-71-64(48-53)59-31-15-19-35-67(59)81(71)56-27-11-4-12-28-56)82-68-36-20-16-32-60(68)62-46-51(38-42-72(62)82)50-37-41-69-61(45-50)57-29-13-17-33-65(57)79(69)54-23-7-2-8-24-54/h1-48H. The van der Waals surface area contributed by atoms with E-state index in [9.17, 15) is 0 Å². The van der Waals surface area contributed by atoms with Gasteiger partial charge in [-0.1, -0.05) is 182 Å². The van der Waals surface area contributed by atoms with Crippen LogP contribution in [0.15, 0.2) is 291 Å². The van der Waals surface area contributed by atoms with E-state index in [0.29, 0.717) is 5.82 Å². The molecule has 0 aliphatic carbocycles. The number of aromatic nitrogens is 6. The Labute approximate surface area is 471 Å². The van der Waals surface area contributed by atoms with Gasteiger partial charge in [0.15, 0.2) is 5.82 Å². The molecular weight excluding hydrogens is 997 g/mol. The van der Waals surface area contributed by atoms with E-state index in [1.165, 1.54) is 32.6 Å². The van der Waals surface area contributed by atoms with Gasteiger partial charge in [-0.25, -0.2) is 9.97 Å². The smallest absolute Gasteiger partial charge is 0.160 e. The molecule has 0 bridgehead atoms. The molecule has 5 heterocycles. The third kappa shape index (κ3) is 7.01. The minimum atomic E-state index is 0.653. The van der Waals surface area contributed by atoms with Crippen molar-refractivity contribution < 1.29 is 0 Å². The van der Waals surface area contributed by atoms with E-state index in [2.05, 4.69) is 309 Å². The third-order valence-corrected chi connectivity index (χ3v) is 16.8. The maximum absolute atomic E-state index is 5.77. The minimum Gasteiger partial charge on any atom is -0.309 e. The molecule has 6 heteroatoms. The van der Waals surface area contributed by atoms with Crippen molar-refractivity contribution in [3.8, 4) is 67.8 Å². The van der Waals surface area contributed by atoms with Crippen molar-refractivity contribution >= 4 is 87.2 Å². The highest BCUT2D eigenvalue weighted by molar-refractivity contribution is 6.16. The summed E-state index contributed by atoms with van der Waals surface area (Å²) in [5, 5.41) is 9.39. The zero-order valence-corrected chi connectivity index (χ0v) is 44.4. The van der Waals surface area contributed by atoms with Crippen LogP contribution in [0.2, 0.25) is 0 Å². The number of benzene rings is 12. The van der Waals surface area contributed by atoms with E-state index in [1.807, 2.05) is 0 Å². The van der Waals surface area contributed by atoms with Crippen LogP contribution in [0, 0.1) is 0 Å². The molecular formula is C76H48N6. The second-order valence-electron chi connectivity index (χ2n) is 21.3. The second kappa shape index (κ2) is 18.2. The topological polar surface area (TPSA) is 45.5 Å². The summed E-state index contributed by atoms with van der Waals surface area (Å²) in [6.07, 6.45) is 0. The molecule has 0 fully saturated rings. The Hall–Kier alpha value is -11.1. The molecule has 382 valence electrons. The Kier molecular flexibility index (Phi) is 10.2. The average molecular weight is 1050 g/mol. The van der Waals surface area contributed by atoms with Crippen LogP contribution in [0.4, 0.5) is 0 Å². The summed E-state index contributed by atoms with van der Waals surface area (Å²) in [7, 11) is 0. The molecule has 0 saturated heterocycles. The van der Waals surface area contributed by atoms with E-state index < -0.39 is 0 Å². The first kappa shape index (κ1) is 45.9. The van der Waals surface area contributed by atoms with Gasteiger partial charge in [-0.2, -0.15) is 0 Å².